The van der Waals surface area contributed by atoms with Crippen LogP contribution >= 0.6 is 0 Å². The molecule has 0 bridgehead atoms. The van der Waals surface area contributed by atoms with Crippen molar-refractivity contribution in [3.63, 3.8) is 0 Å². The molecule has 4 rings (SSSR count). The normalized spacial score (nSPS) is 11.0. The highest BCUT2D eigenvalue weighted by Crippen LogP contribution is 2.25. The largest absolute Gasteiger partial charge is 0.462 e. The molecule has 1 heterocycles. The number of hydrazone groups is 1. The van der Waals surface area contributed by atoms with Gasteiger partial charge in [0, 0.05) is 5.56 Å². The summed E-state index contributed by atoms with van der Waals surface area (Å²) in [5, 5.41) is 4.10. The zero-order valence-electron chi connectivity index (χ0n) is 18.7. The molecule has 0 atom stereocenters. The third-order valence-electron chi connectivity index (χ3n) is 5.20. The summed E-state index contributed by atoms with van der Waals surface area (Å²) in [7, 11) is 0. The van der Waals surface area contributed by atoms with Gasteiger partial charge in [-0.3, -0.25) is 4.79 Å². The first-order valence-corrected chi connectivity index (χ1v) is 11.0. The number of carbonyl (C=O) groups excluding carboxylic acids is 2. The van der Waals surface area contributed by atoms with Crippen molar-refractivity contribution in [2.75, 3.05) is 6.61 Å². The van der Waals surface area contributed by atoms with Crippen molar-refractivity contribution >= 4 is 18.1 Å². The van der Waals surface area contributed by atoms with Crippen LogP contribution in [0.4, 0.5) is 0 Å². The summed E-state index contributed by atoms with van der Waals surface area (Å²) >= 11 is 0. The molecular formula is C28H24N2O4. The summed E-state index contributed by atoms with van der Waals surface area (Å²) < 4.78 is 10.8. The van der Waals surface area contributed by atoms with E-state index in [-0.39, 0.29) is 11.9 Å². The molecule has 4 aromatic rings. The molecule has 6 heteroatoms. The van der Waals surface area contributed by atoms with Crippen molar-refractivity contribution in [3.8, 4) is 11.3 Å². The van der Waals surface area contributed by atoms with E-state index in [4.69, 9.17) is 9.15 Å². The van der Waals surface area contributed by atoms with Crippen LogP contribution in [0.5, 0.6) is 0 Å². The van der Waals surface area contributed by atoms with Crippen LogP contribution in [-0.4, -0.2) is 24.7 Å². The van der Waals surface area contributed by atoms with Crippen molar-refractivity contribution in [1.29, 1.82) is 0 Å². The lowest BCUT2D eigenvalue weighted by Crippen LogP contribution is -2.26. The minimum Gasteiger partial charge on any atom is -0.462 e. The molecule has 0 aliphatic rings. The lowest BCUT2D eigenvalue weighted by atomic mass is 9.91. The summed E-state index contributed by atoms with van der Waals surface area (Å²) in [4.78, 5) is 24.8. The van der Waals surface area contributed by atoms with Crippen molar-refractivity contribution in [2.24, 2.45) is 5.10 Å². The van der Waals surface area contributed by atoms with Crippen molar-refractivity contribution in [3.05, 3.63) is 120 Å². The first-order valence-electron chi connectivity index (χ1n) is 11.0. The molecule has 0 unspecified atom stereocenters. The van der Waals surface area contributed by atoms with Gasteiger partial charge in [0.1, 0.15) is 11.5 Å². The van der Waals surface area contributed by atoms with Crippen LogP contribution in [-0.2, 0) is 9.53 Å². The third-order valence-corrected chi connectivity index (χ3v) is 5.20. The number of nitrogens with one attached hydrogen (secondary N) is 1. The number of rotatable bonds is 8. The molecule has 1 aromatic heterocycles. The van der Waals surface area contributed by atoms with Crippen LogP contribution in [0.15, 0.2) is 107 Å². The standard InChI is InChI=1S/C28H24N2O4/c1-2-33-28(32)23-15-13-20(14-16-23)25-18-17-24(34-25)19-29-30-27(31)26(21-9-5-3-6-10-21)22-11-7-4-8-12-22/h3-19,26H,2H2,1H3,(H,30,31)/b29-19-. The predicted molar refractivity (Wildman–Crippen MR) is 131 cm³/mol. The molecular weight excluding hydrogens is 428 g/mol. The molecule has 0 saturated carbocycles. The number of hydrogen-bond acceptors (Lipinski definition) is 5. The number of nitrogens with zero attached hydrogens (tertiary/aromatic N) is 1. The highest BCUT2D eigenvalue weighted by molar-refractivity contribution is 5.90. The van der Waals surface area contributed by atoms with E-state index in [0.717, 1.165) is 16.7 Å². The fourth-order valence-electron chi connectivity index (χ4n) is 3.57. The van der Waals surface area contributed by atoms with Gasteiger partial charge < -0.3 is 9.15 Å². The maximum Gasteiger partial charge on any atom is 0.338 e. The Kier molecular flexibility index (Phi) is 7.30. The Balaban J connectivity index is 1.44. The number of furan rings is 1. The highest BCUT2D eigenvalue weighted by Gasteiger charge is 2.22. The first kappa shape index (κ1) is 22.7. The Morgan fingerprint density at radius 3 is 2.09 bits per heavy atom. The zero-order chi connectivity index (χ0) is 23.8. The molecule has 1 amide bonds. The lowest BCUT2D eigenvalue weighted by molar-refractivity contribution is -0.121. The number of amides is 1. The van der Waals surface area contributed by atoms with Gasteiger partial charge in [0.05, 0.1) is 24.3 Å². The minimum absolute atomic E-state index is 0.241. The van der Waals surface area contributed by atoms with Gasteiger partial charge in [-0.1, -0.05) is 72.8 Å². The molecule has 34 heavy (non-hydrogen) atoms. The molecule has 6 nitrogen and oxygen atoms in total. The Morgan fingerprint density at radius 2 is 1.50 bits per heavy atom. The molecule has 0 radical (unpaired) electrons. The molecule has 3 aromatic carbocycles. The average Bonchev–Trinajstić information content (AvgIpc) is 3.35. The Labute approximate surface area is 197 Å². The number of benzene rings is 3. The monoisotopic (exact) mass is 452 g/mol. The molecule has 0 fully saturated rings. The number of esters is 1. The summed E-state index contributed by atoms with van der Waals surface area (Å²) in [6.07, 6.45) is 1.46. The molecule has 0 spiro atoms. The maximum absolute atomic E-state index is 13.0. The molecule has 0 aliphatic heterocycles. The quantitative estimate of drug-likeness (QED) is 0.220. The van der Waals surface area contributed by atoms with Gasteiger partial charge in [-0.2, -0.15) is 5.10 Å². The third kappa shape index (κ3) is 5.48. The maximum atomic E-state index is 13.0. The van der Waals surface area contributed by atoms with Crippen molar-refractivity contribution in [1.82, 2.24) is 5.43 Å². The van der Waals surface area contributed by atoms with Crippen molar-refractivity contribution in [2.45, 2.75) is 12.8 Å². The van der Waals surface area contributed by atoms with Gasteiger partial charge in [0.2, 0.25) is 0 Å². The van der Waals surface area contributed by atoms with E-state index >= 15 is 0 Å². The van der Waals surface area contributed by atoms with Crippen LogP contribution in [0.2, 0.25) is 0 Å². The topological polar surface area (TPSA) is 80.9 Å². The van der Waals surface area contributed by atoms with Gasteiger partial charge in [-0.25, -0.2) is 10.2 Å². The van der Waals surface area contributed by atoms with Crippen LogP contribution in [0.3, 0.4) is 0 Å². The molecule has 170 valence electrons. The van der Waals surface area contributed by atoms with Gasteiger partial charge >= 0.3 is 5.97 Å². The van der Waals surface area contributed by atoms with E-state index in [0.29, 0.717) is 23.7 Å². The summed E-state index contributed by atoms with van der Waals surface area (Å²) in [6.45, 7) is 2.10. The van der Waals surface area contributed by atoms with Gasteiger partial charge in [-0.05, 0) is 42.3 Å². The van der Waals surface area contributed by atoms with E-state index in [2.05, 4.69) is 10.5 Å². The second-order valence-corrected chi connectivity index (χ2v) is 7.49. The summed E-state index contributed by atoms with van der Waals surface area (Å²) in [6, 6.07) is 29.7. The van der Waals surface area contributed by atoms with E-state index in [1.165, 1.54) is 6.21 Å². The summed E-state index contributed by atoms with van der Waals surface area (Å²) in [5.41, 5.74) is 5.68. The number of carbonyl (C=O) groups is 2. The Bertz CT molecular complexity index is 1220. The van der Waals surface area contributed by atoms with Crippen LogP contribution in [0, 0.1) is 0 Å². The molecule has 1 N–H and O–H groups in total. The average molecular weight is 453 g/mol. The second-order valence-electron chi connectivity index (χ2n) is 7.49. The number of hydrogen-bond donors (Lipinski definition) is 1. The SMILES string of the molecule is CCOC(=O)c1ccc(-c2ccc(/C=N\NC(=O)C(c3ccccc3)c3ccccc3)o2)cc1. The molecule has 0 aliphatic carbocycles. The fraction of sp³-hybridized carbons (Fsp3) is 0.107. The highest BCUT2D eigenvalue weighted by atomic mass is 16.5. The van der Waals surface area contributed by atoms with E-state index in [1.54, 1.807) is 43.3 Å². The smallest absolute Gasteiger partial charge is 0.338 e. The first-order chi connectivity index (χ1) is 16.7. The van der Waals surface area contributed by atoms with Gasteiger partial charge in [0.15, 0.2) is 0 Å². The van der Waals surface area contributed by atoms with E-state index in [1.807, 2.05) is 60.7 Å². The Morgan fingerprint density at radius 1 is 0.882 bits per heavy atom. The van der Waals surface area contributed by atoms with Crippen LogP contribution in [0.25, 0.3) is 11.3 Å². The van der Waals surface area contributed by atoms with Crippen LogP contribution < -0.4 is 5.43 Å². The molecule has 0 saturated heterocycles. The Hall–Kier alpha value is -4.45. The predicted octanol–water partition coefficient (Wildman–Crippen LogP) is 5.41. The zero-order valence-corrected chi connectivity index (χ0v) is 18.7. The summed E-state index contributed by atoms with van der Waals surface area (Å²) in [5.74, 6) is 0.0244. The van der Waals surface area contributed by atoms with E-state index < -0.39 is 5.92 Å². The second kappa shape index (κ2) is 10.9. The van der Waals surface area contributed by atoms with Crippen LogP contribution in [0.1, 0.15) is 40.1 Å². The van der Waals surface area contributed by atoms with Gasteiger partial charge in [0.25, 0.3) is 5.91 Å². The van der Waals surface area contributed by atoms with Gasteiger partial charge in [-0.15, -0.1) is 0 Å². The van der Waals surface area contributed by atoms with E-state index in [9.17, 15) is 9.59 Å². The minimum atomic E-state index is -0.482. The van der Waals surface area contributed by atoms with Crippen molar-refractivity contribution < 1.29 is 18.7 Å². The lowest BCUT2D eigenvalue weighted by Gasteiger charge is -2.16. The fourth-order valence-corrected chi connectivity index (χ4v) is 3.57. The number of ether oxygens (including phenoxy) is 1.